The molecular weight excluding hydrogens is 204 g/mol. The number of nitrogens with zero attached hydrogens (tertiary/aromatic N) is 3. The smallest absolute Gasteiger partial charge is 0.137 e. The largest absolute Gasteiger partial charge is 0.495 e. The van der Waals surface area contributed by atoms with E-state index in [1.165, 1.54) is 0 Å². The number of ether oxygens (including phenoxy) is 1. The number of nitrogens with one attached hydrogen (secondary N) is 1. The molecule has 0 fully saturated rings. The summed E-state index contributed by atoms with van der Waals surface area (Å²) in [6.45, 7) is 1.81. The van der Waals surface area contributed by atoms with Gasteiger partial charge in [-0.2, -0.15) is 0 Å². The summed E-state index contributed by atoms with van der Waals surface area (Å²) >= 11 is 0. The number of aromatic nitrogens is 3. The van der Waals surface area contributed by atoms with Gasteiger partial charge in [0.25, 0.3) is 0 Å². The zero-order valence-electron chi connectivity index (χ0n) is 9.06. The van der Waals surface area contributed by atoms with E-state index in [0.29, 0.717) is 17.5 Å². The molecule has 2 rings (SSSR count). The van der Waals surface area contributed by atoms with Crippen molar-refractivity contribution in [3.05, 3.63) is 36.4 Å². The van der Waals surface area contributed by atoms with Crippen LogP contribution in [0.5, 0.6) is 5.75 Å². The van der Waals surface area contributed by atoms with Crippen molar-refractivity contribution in [3.8, 4) is 5.75 Å². The maximum absolute atomic E-state index is 5.02. The van der Waals surface area contributed by atoms with Crippen molar-refractivity contribution in [1.82, 2.24) is 15.0 Å². The van der Waals surface area contributed by atoms with Crippen LogP contribution in [0.2, 0.25) is 0 Å². The Morgan fingerprint density at radius 3 is 2.81 bits per heavy atom. The van der Waals surface area contributed by atoms with Gasteiger partial charge in [-0.05, 0) is 19.1 Å². The maximum atomic E-state index is 5.02. The van der Waals surface area contributed by atoms with Gasteiger partial charge in [0.15, 0.2) is 0 Å². The van der Waals surface area contributed by atoms with Gasteiger partial charge in [-0.1, -0.05) is 0 Å². The molecule has 0 atom stereocenters. The van der Waals surface area contributed by atoms with Crippen molar-refractivity contribution < 1.29 is 4.74 Å². The second kappa shape index (κ2) is 4.57. The lowest BCUT2D eigenvalue weighted by Gasteiger charge is -2.05. The third-order valence-corrected chi connectivity index (χ3v) is 1.94. The van der Waals surface area contributed by atoms with Gasteiger partial charge >= 0.3 is 0 Å². The van der Waals surface area contributed by atoms with E-state index in [1.54, 1.807) is 19.4 Å². The number of aryl methyl sites for hydroxylation is 1. The summed E-state index contributed by atoms with van der Waals surface area (Å²) in [7, 11) is 1.60. The van der Waals surface area contributed by atoms with Crippen LogP contribution in [0.4, 0.5) is 11.6 Å². The topological polar surface area (TPSA) is 59.9 Å². The molecule has 81 valence electrons. The number of hydrogen-bond donors (Lipinski definition) is 1. The van der Waals surface area contributed by atoms with Gasteiger partial charge in [-0.25, -0.2) is 15.0 Å². The van der Waals surface area contributed by atoms with Gasteiger partial charge < -0.3 is 10.1 Å². The zero-order valence-corrected chi connectivity index (χ0v) is 9.06. The Morgan fingerprint density at radius 2 is 2.19 bits per heavy atom. The molecule has 1 N–H and O–H groups in total. The molecule has 5 heteroatoms. The van der Waals surface area contributed by atoms with Crippen molar-refractivity contribution in [1.29, 1.82) is 0 Å². The predicted octanol–water partition coefficient (Wildman–Crippen LogP) is 1.73. The van der Waals surface area contributed by atoms with Gasteiger partial charge in [0.2, 0.25) is 0 Å². The highest BCUT2D eigenvalue weighted by molar-refractivity contribution is 5.51. The molecule has 0 saturated carbocycles. The molecule has 0 aliphatic rings. The molecule has 16 heavy (non-hydrogen) atoms. The molecule has 2 aromatic heterocycles. The van der Waals surface area contributed by atoms with Crippen LogP contribution in [-0.4, -0.2) is 22.1 Å². The number of methoxy groups -OCH3 is 1. The van der Waals surface area contributed by atoms with E-state index in [4.69, 9.17) is 4.74 Å². The monoisotopic (exact) mass is 215 g/mol. The van der Waals surface area contributed by atoms with Crippen molar-refractivity contribution in [2.75, 3.05) is 12.4 Å². The second-order valence-corrected chi connectivity index (χ2v) is 3.14. The molecule has 0 amide bonds. The van der Waals surface area contributed by atoms with Crippen LogP contribution >= 0.6 is 0 Å². The summed E-state index contributed by atoms with van der Waals surface area (Å²) < 4.78 is 5.02. The number of hydrogen-bond acceptors (Lipinski definition) is 5. The Labute approximate surface area is 93.5 Å². The van der Waals surface area contributed by atoms with Gasteiger partial charge in [-0.3, -0.25) is 0 Å². The van der Waals surface area contributed by atoms with Crippen LogP contribution in [0.1, 0.15) is 5.82 Å². The first kappa shape index (κ1) is 10.4. The molecule has 0 aliphatic carbocycles. The Kier molecular flexibility index (Phi) is 2.95. The normalized spacial score (nSPS) is 9.88. The molecule has 0 unspecified atom stereocenters. The summed E-state index contributed by atoms with van der Waals surface area (Å²) in [5.41, 5.74) is 0. The SMILES string of the molecule is COc1ccc(Nc2c[c]nc(C)n2)nc1. The molecule has 0 saturated heterocycles. The lowest BCUT2D eigenvalue weighted by molar-refractivity contribution is 0.413. The van der Waals surface area contributed by atoms with Gasteiger partial charge in [-0.15, -0.1) is 0 Å². The van der Waals surface area contributed by atoms with E-state index in [9.17, 15) is 0 Å². The Hall–Kier alpha value is -2.17. The number of pyridine rings is 1. The first-order chi connectivity index (χ1) is 7.78. The molecule has 1 radical (unpaired) electrons. The fraction of sp³-hybridized carbons (Fsp3) is 0.182. The molecule has 0 aliphatic heterocycles. The number of rotatable bonds is 3. The lowest BCUT2D eigenvalue weighted by Crippen LogP contribution is -1.98. The highest BCUT2D eigenvalue weighted by atomic mass is 16.5. The van der Waals surface area contributed by atoms with E-state index >= 15 is 0 Å². The Bertz CT molecular complexity index is 470. The zero-order chi connectivity index (χ0) is 11.4. The Morgan fingerprint density at radius 1 is 1.31 bits per heavy atom. The summed E-state index contributed by atoms with van der Waals surface area (Å²) in [6.07, 6.45) is 4.38. The van der Waals surface area contributed by atoms with Crippen molar-refractivity contribution >= 4 is 11.6 Å². The molecule has 0 aromatic carbocycles. The van der Waals surface area contributed by atoms with Crippen LogP contribution in [0.15, 0.2) is 24.4 Å². The van der Waals surface area contributed by atoms with Gasteiger partial charge in [0.05, 0.1) is 19.5 Å². The summed E-state index contributed by atoms with van der Waals surface area (Å²) in [6, 6.07) is 5.31. The molecule has 2 heterocycles. The molecule has 0 spiro atoms. The fourth-order valence-corrected chi connectivity index (χ4v) is 1.19. The second-order valence-electron chi connectivity index (χ2n) is 3.14. The number of anilines is 2. The van der Waals surface area contributed by atoms with E-state index in [-0.39, 0.29) is 0 Å². The lowest BCUT2D eigenvalue weighted by atomic mass is 10.4. The average molecular weight is 215 g/mol. The van der Waals surface area contributed by atoms with E-state index < -0.39 is 0 Å². The highest BCUT2D eigenvalue weighted by Gasteiger charge is 1.98. The molecule has 0 bridgehead atoms. The maximum Gasteiger partial charge on any atom is 0.137 e. The van der Waals surface area contributed by atoms with Gasteiger partial charge in [0, 0.05) is 6.07 Å². The van der Waals surface area contributed by atoms with Crippen molar-refractivity contribution in [3.63, 3.8) is 0 Å². The molecular formula is C11H11N4O. The van der Waals surface area contributed by atoms with Crippen molar-refractivity contribution in [2.24, 2.45) is 0 Å². The third-order valence-electron chi connectivity index (χ3n) is 1.94. The average Bonchev–Trinajstić information content (AvgIpc) is 2.30. The van der Waals surface area contributed by atoms with E-state index in [0.717, 1.165) is 5.75 Å². The Balaban J connectivity index is 2.14. The first-order valence-corrected chi connectivity index (χ1v) is 4.77. The van der Waals surface area contributed by atoms with Crippen LogP contribution < -0.4 is 10.1 Å². The summed E-state index contributed by atoms with van der Waals surface area (Å²) in [5, 5.41) is 3.05. The van der Waals surface area contributed by atoms with Crippen LogP contribution in [0.25, 0.3) is 0 Å². The first-order valence-electron chi connectivity index (χ1n) is 4.77. The summed E-state index contributed by atoms with van der Waals surface area (Å²) in [4.78, 5) is 12.2. The molecule has 5 nitrogen and oxygen atoms in total. The fourth-order valence-electron chi connectivity index (χ4n) is 1.19. The minimum atomic E-state index is 0.665. The third kappa shape index (κ3) is 2.44. The highest BCUT2D eigenvalue weighted by Crippen LogP contribution is 2.14. The van der Waals surface area contributed by atoms with E-state index in [1.807, 2.05) is 19.1 Å². The summed E-state index contributed by atoms with van der Waals surface area (Å²) in [5.74, 6) is 2.76. The van der Waals surface area contributed by atoms with Crippen LogP contribution in [0, 0.1) is 13.1 Å². The molecule has 2 aromatic rings. The predicted molar refractivity (Wildman–Crippen MR) is 59.7 cm³/mol. The standard InChI is InChI=1S/C11H11N4O/c1-8-12-6-5-11(14-8)15-10-4-3-9(16-2)7-13-10/h3-5,7H,1-2H3,(H,12,13,14,15). The minimum absolute atomic E-state index is 0.665. The van der Waals surface area contributed by atoms with Gasteiger partial charge in [0.1, 0.15) is 23.2 Å². The van der Waals surface area contributed by atoms with Crippen molar-refractivity contribution in [2.45, 2.75) is 6.92 Å². The van der Waals surface area contributed by atoms with Crippen LogP contribution in [-0.2, 0) is 0 Å². The quantitative estimate of drug-likeness (QED) is 0.844. The minimum Gasteiger partial charge on any atom is -0.495 e. The van der Waals surface area contributed by atoms with Crippen LogP contribution in [0.3, 0.4) is 0 Å². The van der Waals surface area contributed by atoms with E-state index in [2.05, 4.69) is 26.5 Å².